The van der Waals surface area contributed by atoms with E-state index in [0.717, 1.165) is 70.1 Å². The van der Waals surface area contributed by atoms with Gasteiger partial charge in [0.1, 0.15) is 5.60 Å². The van der Waals surface area contributed by atoms with Crippen LogP contribution in [0, 0.1) is 0 Å². The van der Waals surface area contributed by atoms with Gasteiger partial charge in [-0.2, -0.15) is 0 Å². The Morgan fingerprint density at radius 2 is 1.88 bits per heavy atom. The zero-order valence-electron chi connectivity index (χ0n) is 15.0. The summed E-state index contributed by atoms with van der Waals surface area (Å²) in [5.74, 6) is 0.171. The summed E-state index contributed by atoms with van der Waals surface area (Å²) in [5.41, 5.74) is 0.632. The van der Waals surface area contributed by atoms with Crippen LogP contribution in [0.2, 0.25) is 5.02 Å². The van der Waals surface area contributed by atoms with Crippen molar-refractivity contribution in [2.45, 2.75) is 31.4 Å². The molecule has 0 bridgehead atoms. The second-order valence-electron chi connectivity index (χ2n) is 7.00. The summed E-state index contributed by atoms with van der Waals surface area (Å²) in [6.45, 7) is 6.07. The number of carbonyl (C=O) groups is 1. The lowest BCUT2D eigenvalue weighted by molar-refractivity contribution is -0.158. The van der Waals surface area contributed by atoms with Gasteiger partial charge >= 0.3 is 0 Å². The van der Waals surface area contributed by atoms with E-state index in [1.807, 2.05) is 17.0 Å². The van der Waals surface area contributed by atoms with E-state index in [1.165, 1.54) is 5.56 Å². The van der Waals surface area contributed by atoms with Gasteiger partial charge in [-0.05, 0) is 50.0 Å². The van der Waals surface area contributed by atoms with Gasteiger partial charge < -0.3 is 15.0 Å². The number of nitrogens with zero attached hydrogens (tertiary/aromatic N) is 2. The molecule has 3 rings (SSSR count). The lowest BCUT2D eigenvalue weighted by Gasteiger charge is -2.38. The minimum absolute atomic E-state index is 0.171. The highest BCUT2D eigenvalue weighted by atomic mass is 35.5. The number of hydrogen-bond donors (Lipinski definition) is 1. The number of halogens is 1. The predicted molar refractivity (Wildman–Crippen MR) is 99.8 cm³/mol. The maximum atomic E-state index is 13.1. The van der Waals surface area contributed by atoms with E-state index in [1.54, 1.807) is 7.11 Å². The van der Waals surface area contributed by atoms with Gasteiger partial charge in [-0.25, -0.2) is 0 Å². The second kappa shape index (κ2) is 8.49. The summed E-state index contributed by atoms with van der Waals surface area (Å²) in [5, 5.41) is 4.08. The predicted octanol–water partition coefficient (Wildman–Crippen LogP) is 2.14. The Balaban J connectivity index is 1.59. The number of amides is 1. The fourth-order valence-corrected chi connectivity index (χ4v) is 3.93. The van der Waals surface area contributed by atoms with Crippen LogP contribution in [-0.2, 0) is 16.1 Å². The summed E-state index contributed by atoms with van der Waals surface area (Å²) < 4.78 is 5.71. The molecule has 1 aromatic carbocycles. The van der Waals surface area contributed by atoms with Gasteiger partial charge in [-0.1, -0.05) is 23.7 Å². The minimum atomic E-state index is -0.628. The van der Waals surface area contributed by atoms with Crippen LogP contribution in [0.4, 0.5) is 0 Å². The Labute approximate surface area is 155 Å². The Kier molecular flexibility index (Phi) is 6.34. The molecule has 0 aromatic heterocycles. The number of nitrogens with one attached hydrogen (secondary N) is 1. The monoisotopic (exact) mass is 365 g/mol. The molecule has 138 valence electrons. The van der Waals surface area contributed by atoms with Crippen molar-refractivity contribution in [2.24, 2.45) is 0 Å². The lowest BCUT2D eigenvalue weighted by Crippen LogP contribution is -2.55. The number of rotatable bonds is 4. The molecule has 1 amide bonds. The minimum Gasteiger partial charge on any atom is -0.368 e. The Morgan fingerprint density at radius 3 is 2.56 bits per heavy atom. The van der Waals surface area contributed by atoms with Crippen molar-refractivity contribution in [1.82, 2.24) is 15.1 Å². The molecule has 6 heteroatoms. The van der Waals surface area contributed by atoms with Gasteiger partial charge in [0, 0.05) is 44.9 Å². The third kappa shape index (κ3) is 4.53. The number of carbonyl (C=O) groups excluding carboxylic acids is 1. The van der Waals surface area contributed by atoms with Crippen molar-refractivity contribution in [1.29, 1.82) is 0 Å². The van der Waals surface area contributed by atoms with E-state index < -0.39 is 5.60 Å². The van der Waals surface area contributed by atoms with Crippen LogP contribution >= 0.6 is 11.6 Å². The first-order valence-electron chi connectivity index (χ1n) is 9.15. The number of methoxy groups -OCH3 is 1. The van der Waals surface area contributed by atoms with Crippen LogP contribution in [0.1, 0.15) is 24.8 Å². The Hall–Kier alpha value is -1.14. The third-order valence-electron chi connectivity index (χ3n) is 5.39. The van der Waals surface area contributed by atoms with E-state index >= 15 is 0 Å². The van der Waals surface area contributed by atoms with Crippen molar-refractivity contribution in [2.75, 3.05) is 46.4 Å². The van der Waals surface area contributed by atoms with Gasteiger partial charge in [0.2, 0.25) is 0 Å². The highest BCUT2D eigenvalue weighted by Gasteiger charge is 2.42. The zero-order chi connectivity index (χ0) is 17.7. The zero-order valence-corrected chi connectivity index (χ0v) is 15.7. The fourth-order valence-electron chi connectivity index (χ4n) is 3.80. The van der Waals surface area contributed by atoms with E-state index in [0.29, 0.717) is 0 Å². The topological polar surface area (TPSA) is 44.8 Å². The standard InChI is InChI=1S/C19H28ClN3O2/c1-25-19(7-9-21-10-8-19)18(24)23-12-2-11-22(13-14-23)15-16-3-5-17(20)6-4-16/h3-6,21H,2,7-15H2,1H3. The van der Waals surface area contributed by atoms with E-state index in [2.05, 4.69) is 22.3 Å². The molecule has 5 nitrogen and oxygen atoms in total. The first kappa shape index (κ1) is 18.6. The average Bonchev–Trinajstić information content (AvgIpc) is 2.89. The van der Waals surface area contributed by atoms with Crippen LogP contribution in [0.5, 0.6) is 0 Å². The summed E-state index contributed by atoms with van der Waals surface area (Å²) in [6.07, 6.45) is 2.51. The molecular weight excluding hydrogens is 338 g/mol. The molecular formula is C19H28ClN3O2. The van der Waals surface area contributed by atoms with Crippen molar-refractivity contribution in [3.05, 3.63) is 34.9 Å². The molecule has 2 heterocycles. The molecule has 0 radical (unpaired) electrons. The molecule has 2 saturated heterocycles. The summed E-state index contributed by atoms with van der Waals surface area (Å²) in [6, 6.07) is 8.02. The molecule has 25 heavy (non-hydrogen) atoms. The molecule has 0 saturated carbocycles. The van der Waals surface area contributed by atoms with Crippen molar-refractivity contribution >= 4 is 17.5 Å². The van der Waals surface area contributed by atoms with Gasteiger partial charge in [-0.3, -0.25) is 9.69 Å². The second-order valence-corrected chi connectivity index (χ2v) is 7.43. The van der Waals surface area contributed by atoms with Crippen molar-refractivity contribution in [3.8, 4) is 0 Å². The number of benzene rings is 1. The highest BCUT2D eigenvalue weighted by Crippen LogP contribution is 2.26. The Morgan fingerprint density at radius 1 is 1.16 bits per heavy atom. The van der Waals surface area contributed by atoms with E-state index in [4.69, 9.17) is 16.3 Å². The quantitative estimate of drug-likeness (QED) is 0.888. The van der Waals surface area contributed by atoms with Gasteiger partial charge in [-0.15, -0.1) is 0 Å². The fraction of sp³-hybridized carbons (Fsp3) is 0.632. The largest absolute Gasteiger partial charge is 0.368 e. The van der Waals surface area contributed by atoms with E-state index in [9.17, 15) is 4.79 Å². The van der Waals surface area contributed by atoms with Crippen LogP contribution in [0.15, 0.2) is 24.3 Å². The number of piperidine rings is 1. The van der Waals surface area contributed by atoms with Gasteiger partial charge in [0.05, 0.1) is 0 Å². The summed E-state index contributed by atoms with van der Waals surface area (Å²) in [4.78, 5) is 17.5. The van der Waals surface area contributed by atoms with Gasteiger partial charge in [0.15, 0.2) is 0 Å². The van der Waals surface area contributed by atoms with Crippen molar-refractivity contribution < 1.29 is 9.53 Å². The lowest BCUT2D eigenvalue weighted by atomic mass is 9.90. The van der Waals surface area contributed by atoms with Crippen LogP contribution in [0.25, 0.3) is 0 Å². The number of hydrogen-bond acceptors (Lipinski definition) is 4. The maximum absolute atomic E-state index is 13.1. The number of ether oxygens (including phenoxy) is 1. The first-order valence-corrected chi connectivity index (χ1v) is 9.53. The molecule has 0 spiro atoms. The molecule has 1 N–H and O–H groups in total. The summed E-state index contributed by atoms with van der Waals surface area (Å²) >= 11 is 5.96. The normalized spacial score (nSPS) is 21.8. The molecule has 2 aliphatic heterocycles. The molecule has 0 atom stereocenters. The maximum Gasteiger partial charge on any atom is 0.254 e. The van der Waals surface area contributed by atoms with Crippen LogP contribution < -0.4 is 5.32 Å². The smallest absolute Gasteiger partial charge is 0.254 e. The SMILES string of the molecule is COC1(C(=O)N2CCCN(Cc3ccc(Cl)cc3)CC2)CCNCC1. The molecule has 0 unspecified atom stereocenters. The molecule has 1 aromatic rings. The average molecular weight is 366 g/mol. The highest BCUT2D eigenvalue weighted by molar-refractivity contribution is 6.30. The molecule has 2 aliphatic rings. The molecule has 0 aliphatic carbocycles. The van der Waals surface area contributed by atoms with Crippen LogP contribution in [-0.4, -0.2) is 67.7 Å². The Bertz CT molecular complexity index is 573. The van der Waals surface area contributed by atoms with Gasteiger partial charge in [0.25, 0.3) is 5.91 Å². The van der Waals surface area contributed by atoms with E-state index in [-0.39, 0.29) is 5.91 Å². The summed E-state index contributed by atoms with van der Waals surface area (Å²) in [7, 11) is 1.67. The van der Waals surface area contributed by atoms with Crippen LogP contribution in [0.3, 0.4) is 0 Å². The third-order valence-corrected chi connectivity index (χ3v) is 5.64. The van der Waals surface area contributed by atoms with Crippen molar-refractivity contribution in [3.63, 3.8) is 0 Å². The molecule has 2 fully saturated rings. The first-order chi connectivity index (χ1) is 12.1.